The molecule has 1 N–H and O–H groups in total. The lowest BCUT2D eigenvalue weighted by Crippen LogP contribution is -2.45. The Morgan fingerprint density at radius 3 is 2.29 bits per heavy atom. The number of nitrogens with zero attached hydrogens (tertiary/aromatic N) is 3. The lowest BCUT2D eigenvalue weighted by atomic mass is 10.1. The number of nitrogens with one attached hydrogen (secondary N) is 1. The summed E-state index contributed by atoms with van der Waals surface area (Å²) in [4.78, 5) is 21.7. The number of rotatable bonds is 10. The number of methoxy groups -OCH3 is 1. The van der Waals surface area contributed by atoms with Gasteiger partial charge in [0.15, 0.2) is 0 Å². The highest BCUT2D eigenvalue weighted by atomic mass is 16.5. The molecule has 1 aliphatic rings. The largest absolute Gasteiger partial charge is 0.496 e. The normalized spacial score (nSPS) is 15.4. The first kappa shape index (κ1) is 24.7. The van der Waals surface area contributed by atoms with Crippen LogP contribution in [0.15, 0.2) is 73.1 Å². The highest BCUT2D eigenvalue weighted by Crippen LogP contribution is 2.18. The lowest BCUT2D eigenvalue weighted by molar-refractivity contribution is 0.0929. The second-order valence-electron chi connectivity index (χ2n) is 8.90. The number of hydrogen-bond acceptors (Lipinski definition) is 6. The number of piperazine rings is 1. The predicted octanol–water partition coefficient (Wildman–Crippen LogP) is 3.61. The topological polar surface area (TPSA) is 66.9 Å². The number of benzene rings is 2. The van der Waals surface area contributed by atoms with Crippen molar-refractivity contribution in [3.8, 4) is 11.5 Å². The molecule has 1 saturated heterocycles. The van der Waals surface area contributed by atoms with E-state index in [1.165, 1.54) is 11.1 Å². The maximum atomic E-state index is 12.5. The van der Waals surface area contributed by atoms with E-state index in [1.807, 2.05) is 49.6 Å². The summed E-state index contributed by atoms with van der Waals surface area (Å²) < 4.78 is 11.3. The molecule has 7 heteroatoms. The molecule has 0 unspecified atom stereocenters. The van der Waals surface area contributed by atoms with E-state index < -0.39 is 0 Å². The molecule has 2 heterocycles. The Morgan fingerprint density at radius 1 is 0.943 bits per heavy atom. The summed E-state index contributed by atoms with van der Waals surface area (Å²) in [6.45, 7) is 8.49. The van der Waals surface area contributed by atoms with Crippen LogP contribution in [0, 0.1) is 0 Å². The van der Waals surface area contributed by atoms with Gasteiger partial charge in [0.05, 0.1) is 19.2 Å². The van der Waals surface area contributed by atoms with Crippen molar-refractivity contribution in [3.63, 3.8) is 0 Å². The highest BCUT2D eigenvalue weighted by Gasteiger charge is 2.17. The van der Waals surface area contributed by atoms with Gasteiger partial charge in [-0.1, -0.05) is 30.3 Å². The Labute approximate surface area is 207 Å². The van der Waals surface area contributed by atoms with E-state index in [4.69, 9.17) is 9.47 Å². The number of carbonyl (C=O) groups is 1. The fourth-order valence-electron chi connectivity index (χ4n) is 4.22. The van der Waals surface area contributed by atoms with Crippen LogP contribution in [-0.2, 0) is 13.1 Å². The van der Waals surface area contributed by atoms with Gasteiger partial charge in [0.1, 0.15) is 17.6 Å². The Kier molecular flexibility index (Phi) is 8.70. The number of ether oxygens (including phenoxy) is 2. The minimum Gasteiger partial charge on any atom is -0.496 e. The summed E-state index contributed by atoms with van der Waals surface area (Å²) in [5.41, 5.74) is 3.06. The van der Waals surface area contributed by atoms with Gasteiger partial charge in [0, 0.05) is 51.7 Å². The number of pyridine rings is 1. The molecule has 1 aliphatic heterocycles. The molecule has 4 rings (SSSR count). The van der Waals surface area contributed by atoms with E-state index >= 15 is 0 Å². The second-order valence-corrected chi connectivity index (χ2v) is 8.90. The third-order valence-corrected chi connectivity index (χ3v) is 6.16. The summed E-state index contributed by atoms with van der Waals surface area (Å²) >= 11 is 0. The number of hydrogen-bond donors (Lipinski definition) is 1. The van der Waals surface area contributed by atoms with E-state index in [2.05, 4.69) is 38.3 Å². The summed E-state index contributed by atoms with van der Waals surface area (Å²) in [5.74, 6) is 1.19. The van der Waals surface area contributed by atoms with Crippen molar-refractivity contribution >= 4 is 5.91 Å². The van der Waals surface area contributed by atoms with Gasteiger partial charge in [-0.15, -0.1) is 0 Å². The van der Waals surface area contributed by atoms with Crippen LogP contribution in [0.5, 0.6) is 11.5 Å². The zero-order valence-electron chi connectivity index (χ0n) is 20.5. The lowest BCUT2D eigenvalue weighted by Gasteiger charge is -2.34. The molecule has 0 aliphatic carbocycles. The molecule has 184 valence electrons. The smallest absolute Gasteiger partial charge is 0.255 e. The van der Waals surface area contributed by atoms with Crippen LogP contribution < -0.4 is 14.8 Å². The van der Waals surface area contributed by atoms with Crippen LogP contribution in [-0.4, -0.2) is 66.6 Å². The standard InChI is InChI=1S/C28H34N4O3/c1-22(18-30-28(33)26-7-3-4-8-27(26)34-2)35-25-11-9-23(10-12-25)20-31-14-16-32(17-15-31)21-24-6-5-13-29-19-24/h3-13,19,22H,14-18,20-21H2,1-2H3,(H,30,33)/t22-/m0/s1. The molecular formula is C28H34N4O3. The van der Waals surface area contributed by atoms with Gasteiger partial charge in [0.25, 0.3) is 5.91 Å². The van der Waals surface area contributed by atoms with Crippen LogP contribution in [0.4, 0.5) is 0 Å². The Morgan fingerprint density at radius 2 is 1.63 bits per heavy atom. The molecule has 1 amide bonds. The van der Waals surface area contributed by atoms with E-state index in [1.54, 1.807) is 19.2 Å². The zero-order chi connectivity index (χ0) is 24.5. The molecule has 35 heavy (non-hydrogen) atoms. The minimum atomic E-state index is -0.172. The summed E-state index contributed by atoms with van der Waals surface area (Å²) in [7, 11) is 1.56. The van der Waals surface area contributed by atoms with Crippen molar-refractivity contribution < 1.29 is 14.3 Å². The maximum Gasteiger partial charge on any atom is 0.255 e. The van der Waals surface area contributed by atoms with E-state index in [9.17, 15) is 4.79 Å². The Balaban J connectivity index is 1.19. The molecule has 0 saturated carbocycles. The highest BCUT2D eigenvalue weighted by molar-refractivity contribution is 5.96. The third-order valence-electron chi connectivity index (χ3n) is 6.16. The monoisotopic (exact) mass is 474 g/mol. The summed E-state index contributed by atoms with van der Waals surface area (Å²) in [6, 6.07) is 19.6. The predicted molar refractivity (Wildman–Crippen MR) is 137 cm³/mol. The van der Waals surface area contributed by atoms with Crippen LogP contribution in [0.3, 0.4) is 0 Å². The quantitative estimate of drug-likeness (QED) is 0.484. The average Bonchev–Trinajstić information content (AvgIpc) is 2.90. The van der Waals surface area contributed by atoms with Gasteiger partial charge < -0.3 is 14.8 Å². The Hall–Kier alpha value is -3.42. The fourth-order valence-corrected chi connectivity index (χ4v) is 4.22. The van der Waals surface area contributed by atoms with Crippen molar-refractivity contribution in [2.75, 3.05) is 39.8 Å². The summed E-state index contributed by atoms with van der Waals surface area (Å²) in [6.07, 6.45) is 3.61. The molecule has 0 bridgehead atoms. The minimum absolute atomic E-state index is 0.160. The third kappa shape index (κ3) is 7.28. The van der Waals surface area contributed by atoms with Gasteiger partial charge >= 0.3 is 0 Å². The van der Waals surface area contributed by atoms with Gasteiger partial charge in [0.2, 0.25) is 0 Å². The van der Waals surface area contributed by atoms with Crippen molar-refractivity contribution in [2.45, 2.75) is 26.1 Å². The number of carbonyl (C=O) groups excluding carboxylic acids is 1. The molecule has 1 aromatic heterocycles. The van der Waals surface area contributed by atoms with Crippen molar-refractivity contribution in [3.05, 3.63) is 89.7 Å². The SMILES string of the molecule is COc1ccccc1C(=O)NC[C@H](C)Oc1ccc(CN2CCN(Cc3cccnc3)CC2)cc1. The maximum absolute atomic E-state index is 12.5. The first-order valence-electron chi connectivity index (χ1n) is 12.1. The molecule has 1 atom stereocenters. The van der Waals surface area contributed by atoms with Gasteiger partial charge in [-0.2, -0.15) is 0 Å². The van der Waals surface area contributed by atoms with Crippen LogP contribution >= 0.6 is 0 Å². The molecule has 7 nitrogen and oxygen atoms in total. The number of aromatic nitrogens is 1. The van der Waals surface area contributed by atoms with Gasteiger partial charge in [-0.3, -0.25) is 19.6 Å². The van der Waals surface area contributed by atoms with Crippen LogP contribution in [0.1, 0.15) is 28.4 Å². The first-order valence-corrected chi connectivity index (χ1v) is 12.1. The second kappa shape index (κ2) is 12.3. The van der Waals surface area contributed by atoms with Crippen LogP contribution in [0.2, 0.25) is 0 Å². The molecule has 0 radical (unpaired) electrons. The van der Waals surface area contributed by atoms with Gasteiger partial charge in [-0.05, 0) is 48.4 Å². The number of para-hydroxylation sites is 1. The van der Waals surface area contributed by atoms with Crippen molar-refractivity contribution in [2.24, 2.45) is 0 Å². The molecule has 0 spiro atoms. The van der Waals surface area contributed by atoms with Crippen molar-refractivity contribution in [1.29, 1.82) is 0 Å². The number of amides is 1. The van der Waals surface area contributed by atoms with Gasteiger partial charge in [-0.25, -0.2) is 0 Å². The molecule has 1 fully saturated rings. The average molecular weight is 475 g/mol. The molecule has 2 aromatic carbocycles. The Bertz CT molecular complexity index is 1070. The van der Waals surface area contributed by atoms with Crippen LogP contribution in [0.25, 0.3) is 0 Å². The molecule has 3 aromatic rings. The fraction of sp³-hybridized carbons (Fsp3) is 0.357. The van der Waals surface area contributed by atoms with E-state index in [-0.39, 0.29) is 12.0 Å². The van der Waals surface area contributed by atoms with E-state index in [0.29, 0.717) is 17.9 Å². The zero-order valence-corrected chi connectivity index (χ0v) is 20.5. The first-order chi connectivity index (χ1) is 17.1. The van der Waals surface area contributed by atoms with Crippen molar-refractivity contribution in [1.82, 2.24) is 20.1 Å². The van der Waals surface area contributed by atoms with E-state index in [0.717, 1.165) is 45.0 Å². The molecular weight excluding hydrogens is 440 g/mol. The summed E-state index contributed by atoms with van der Waals surface area (Å²) in [5, 5.41) is 2.92.